The second-order valence-corrected chi connectivity index (χ2v) is 5.23. The number of piperazine rings is 1. The average Bonchev–Trinajstić information content (AvgIpc) is 2.39. The lowest BCUT2D eigenvalue weighted by Crippen LogP contribution is -2.44. The molecule has 1 aliphatic heterocycles. The molecule has 18 heavy (non-hydrogen) atoms. The molecule has 0 spiro atoms. The number of rotatable bonds is 2. The molecule has 3 nitrogen and oxygen atoms in total. The van der Waals surface area contributed by atoms with Gasteiger partial charge < -0.3 is 9.80 Å². The maximum absolute atomic E-state index is 5.50. The topological polar surface area (TPSA) is 19.4 Å². The quantitative estimate of drug-likeness (QED) is 0.740. The van der Waals surface area contributed by atoms with Crippen molar-refractivity contribution in [1.82, 2.24) is 9.88 Å². The number of anilines is 1. The molecule has 1 aromatic heterocycles. The van der Waals surface area contributed by atoms with E-state index in [1.54, 1.807) is 0 Å². The number of aromatic nitrogens is 1. The molecular formula is C15H21N3. The van der Waals surface area contributed by atoms with Gasteiger partial charge in [0.25, 0.3) is 0 Å². The summed E-state index contributed by atoms with van der Waals surface area (Å²) in [5.41, 5.74) is 2.02. The zero-order chi connectivity index (χ0) is 13.1. The molecule has 2 rings (SSSR count). The van der Waals surface area contributed by atoms with Crippen LogP contribution < -0.4 is 4.90 Å². The summed E-state index contributed by atoms with van der Waals surface area (Å²) in [5, 5.41) is 0. The molecule has 1 aliphatic rings. The lowest BCUT2D eigenvalue weighted by molar-refractivity contribution is 0.312. The zero-order valence-corrected chi connectivity index (χ0v) is 11.5. The van der Waals surface area contributed by atoms with Crippen LogP contribution in [0, 0.1) is 12.3 Å². The summed E-state index contributed by atoms with van der Waals surface area (Å²) in [6.45, 7) is 8.58. The van der Waals surface area contributed by atoms with Gasteiger partial charge in [-0.3, -0.25) is 0 Å². The van der Waals surface area contributed by atoms with Crippen LogP contribution in [0.25, 0.3) is 0 Å². The first-order chi connectivity index (χ1) is 8.60. The van der Waals surface area contributed by atoms with Crippen LogP contribution in [0.1, 0.15) is 31.0 Å². The van der Waals surface area contributed by atoms with Gasteiger partial charge in [0.2, 0.25) is 0 Å². The highest BCUT2D eigenvalue weighted by Crippen LogP contribution is 2.22. The third kappa shape index (κ3) is 2.83. The first-order valence-electron chi connectivity index (χ1n) is 6.52. The molecule has 1 fully saturated rings. The highest BCUT2D eigenvalue weighted by atomic mass is 15.3. The second-order valence-electron chi connectivity index (χ2n) is 5.23. The fourth-order valence-corrected chi connectivity index (χ4v) is 2.14. The van der Waals surface area contributed by atoms with Crippen molar-refractivity contribution in [3.05, 3.63) is 23.4 Å². The summed E-state index contributed by atoms with van der Waals surface area (Å²) in [7, 11) is 2.15. The lowest BCUT2D eigenvalue weighted by Gasteiger charge is -2.33. The average molecular weight is 243 g/mol. The van der Waals surface area contributed by atoms with Crippen LogP contribution in [0.5, 0.6) is 0 Å². The molecule has 1 saturated heterocycles. The van der Waals surface area contributed by atoms with E-state index >= 15 is 0 Å². The molecule has 0 aromatic carbocycles. The minimum absolute atomic E-state index is 0.478. The molecule has 2 heterocycles. The standard InChI is InChI=1S/C15H21N3/c1-5-14-10-13(12(2)3)11-15(16-14)18-8-6-17(4)7-9-18/h1,10-12H,6-9H2,2-4H3. The van der Waals surface area contributed by atoms with E-state index in [-0.39, 0.29) is 0 Å². The van der Waals surface area contributed by atoms with Gasteiger partial charge >= 0.3 is 0 Å². The fraction of sp³-hybridized carbons (Fsp3) is 0.533. The summed E-state index contributed by atoms with van der Waals surface area (Å²) in [6, 6.07) is 4.20. The number of hydrogen-bond donors (Lipinski definition) is 0. The van der Waals surface area contributed by atoms with Crippen LogP contribution in [0.3, 0.4) is 0 Å². The number of likely N-dealkylation sites (N-methyl/N-ethyl adjacent to an activating group) is 1. The van der Waals surface area contributed by atoms with Crippen molar-refractivity contribution < 1.29 is 0 Å². The van der Waals surface area contributed by atoms with Crippen molar-refractivity contribution in [3.63, 3.8) is 0 Å². The third-order valence-electron chi connectivity index (χ3n) is 3.48. The van der Waals surface area contributed by atoms with Crippen molar-refractivity contribution in [2.75, 3.05) is 38.1 Å². The van der Waals surface area contributed by atoms with E-state index in [1.807, 2.05) is 6.07 Å². The van der Waals surface area contributed by atoms with Gasteiger partial charge in [-0.05, 0) is 30.7 Å². The van der Waals surface area contributed by atoms with Crippen LogP contribution in [0.4, 0.5) is 5.82 Å². The van der Waals surface area contributed by atoms with Crippen LogP contribution >= 0.6 is 0 Å². The Kier molecular flexibility index (Phi) is 3.88. The molecule has 0 aliphatic carbocycles. The molecule has 0 saturated carbocycles. The minimum atomic E-state index is 0.478. The molecule has 0 N–H and O–H groups in total. The van der Waals surface area contributed by atoms with Gasteiger partial charge in [0.15, 0.2) is 0 Å². The van der Waals surface area contributed by atoms with E-state index in [9.17, 15) is 0 Å². The normalized spacial score (nSPS) is 16.9. The first kappa shape index (κ1) is 12.9. The van der Waals surface area contributed by atoms with Crippen molar-refractivity contribution >= 4 is 5.82 Å². The third-order valence-corrected chi connectivity index (χ3v) is 3.48. The Balaban J connectivity index is 2.27. The Morgan fingerprint density at radius 3 is 2.44 bits per heavy atom. The molecule has 0 bridgehead atoms. The SMILES string of the molecule is C#Cc1cc(C(C)C)cc(N2CCN(C)CC2)n1. The predicted octanol–water partition coefficient (Wildman–Crippen LogP) is 1.94. The number of pyridine rings is 1. The molecule has 1 aromatic rings. The van der Waals surface area contributed by atoms with Crippen molar-refractivity contribution in [2.45, 2.75) is 19.8 Å². The van der Waals surface area contributed by atoms with E-state index in [2.05, 4.69) is 47.7 Å². The highest BCUT2D eigenvalue weighted by molar-refractivity contribution is 5.47. The van der Waals surface area contributed by atoms with Gasteiger partial charge in [-0.2, -0.15) is 0 Å². The Hall–Kier alpha value is -1.53. The molecule has 3 heteroatoms. The second kappa shape index (κ2) is 5.41. The van der Waals surface area contributed by atoms with E-state index in [1.165, 1.54) is 5.56 Å². The van der Waals surface area contributed by atoms with E-state index < -0.39 is 0 Å². The monoisotopic (exact) mass is 243 g/mol. The Morgan fingerprint density at radius 1 is 1.22 bits per heavy atom. The van der Waals surface area contributed by atoms with Gasteiger partial charge in [-0.25, -0.2) is 4.98 Å². The molecule has 0 unspecified atom stereocenters. The fourth-order valence-electron chi connectivity index (χ4n) is 2.14. The van der Waals surface area contributed by atoms with E-state index in [4.69, 9.17) is 6.42 Å². The largest absolute Gasteiger partial charge is 0.354 e. The number of hydrogen-bond acceptors (Lipinski definition) is 3. The molecule has 0 radical (unpaired) electrons. The van der Waals surface area contributed by atoms with Crippen molar-refractivity contribution in [3.8, 4) is 12.3 Å². The van der Waals surface area contributed by atoms with Gasteiger partial charge in [0.05, 0.1) is 0 Å². The maximum atomic E-state index is 5.50. The minimum Gasteiger partial charge on any atom is -0.354 e. The van der Waals surface area contributed by atoms with E-state index in [0.29, 0.717) is 5.92 Å². The van der Waals surface area contributed by atoms with Crippen LogP contribution in [-0.2, 0) is 0 Å². The Labute approximate surface area is 110 Å². The smallest absolute Gasteiger partial charge is 0.130 e. The van der Waals surface area contributed by atoms with Crippen molar-refractivity contribution in [2.24, 2.45) is 0 Å². The summed E-state index contributed by atoms with van der Waals surface area (Å²) in [6.07, 6.45) is 5.50. The van der Waals surface area contributed by atoms with Gasteiger partial charge in [0.1, 0.15) is 11.5 Å². The maximum Gasteiger partial charge on any atom is 0.130 e. The highest BCUT2D eigenvalue weighted by Gasteiger charge is 2.16. The summed E-state index contributed by atoms with van der Waals surface area (Å²) in [4.78, 5) is 9.22. The summed E-state index contributed by atoms with van der Waals surface area (Å²) < 4.78 is 0. The van der Waals surface area contributed by atoms with Crippen LogP contribution in [0.15, 0.2) is 12.1 Å². The van der Waals surface area contributed by atoms with Gasteiger partial charge in [-0.15, -0.1) is 6.42 Å². The molecule has 0 amide bonds. The molecular weight excluding hydrogens is 222 g/mol. The van der Waals surface area contributed by atoms with Crippen LogP contribution in [-0.4, -0.2) is 43.1 Å². The number of terminal acetylenes is 1. The van der Waals surface area contributed by atoms with Gasteiger partial charge in [-0.1, -0.05) is 19.8 Å². The Bertz CT molecular complexity index is 451. The van der Waals surface area contributed by atoms with E-state index in [0.717, 1.165) is 37.7 Å². The lowest BCUT2D eigenvalue weighted by atomic mass is 10.0. The zero-order valence-electron chi connectivity index (χ0n) is 11.5. The predicted molar refractivity (Wildman–Crippen MR) is 76.0 cm³/mol. The van der Waals surface area contributed by atoms with Crippen LogP contribution in [0.2, 0.25) is 0 Å². The van der Waals surface area contributed by atoms with Gasteiger partial charge in [0, 0.05) is 26.2 Å². The molecule has 0 atom stereocenters. The number of nitrogens with zero attached hydrogens (tertiary/aromatic N) is 3. The molecule has 96 valence electrons. The Morgan fingerprint density at radius 2 is 1.89 bits per heavy atom. The summed E-state index contributed by atoms with van der Waals surface area (Å²) in [5.74, 6) is 4.17. The summed E-state index contributed by atoms with van der Waals surface area (Å²) >= 11 is 0. The first-order valence-corrected chi connectivity index (χ1v) is 6.52. The van der Waals surface area contributed by atoms with Crippen molar-refractivity contribution in [1.29, 1.82) is 0 Å².